The summed E-state index contributed by atoms with van der Waals surface area (Å²) in [7, 11) is 0. The monoisotopic (exact) mass is 1800 g/mol. The standard InChI is InChI=1S/15C5H4N4/c1-5-8-2-7-4-9(5)3-6-1;1-5-2-7-8-4-9(5)3-6-1;1-5-2-7-4-9(5)8-3-6-1;1-3-9-4-2-7-8-5(9)6-1;1-2-9-4-6-3-8-5(9)7-1;1-2-9-5(7-1)3-6-4-8-9;1-2-8-9-4-6-3-5(9)7-1;1-2-9-4-8-7-3-5(9)6-1;1-2-9-4-7-8-5(9)3-6-1;1-2-6-3-9-4-7-8-5(1)9;1-2-7-8-9-4-6-3-5(1)9;1-2-8-9-4-3-7-5(9)6-1;1-2-7-8-9-4-3-6-5(1)9;1-2-6-5-8-7-4-9(5)3-1;1-2-5-8-6-4-9(5)7-3-1/h15*1-4H. The summed E-state index contributed by atoms with van der Waals surface area (Å²) in [4.78, 5) is 85.6. The topological polar surface area (TPSA) is 646 Å². The fraction of sp³-hybridized carbons (Fsp3) is 0. The molecule has 60 heteroatoms. The smallest absolute Gasteiger partial charge is 0.254 e. The number of hydrogen-bond acceptors (Lipinski definition) is 45. The Morgan fingerprint density at radius 2 is 0.674 bits per heavy atom. The summed E-state index contributed by atoms with van der Waals surface area (Å²) in [5, 5.41) is 86.1. The van der Waals surface area contributed by atoms with Gasteiger partial charge in [-0.3, -0.25) is 40.2 Å². The fourth-order valence-electron chi connectivity index (χ4n) is 10.2. The maximum absolute atomic E-state index is 3.98. The SMILES string of the molecule is c1cc2cncn2nn1.c1cc2nccn2nn1.c1cc2nncn2cn1.c1cn2ccnc2nn1.c1cn2cncnc2n1.c1cn2cnnc2cn1.c1cn2cnncc2n1.c1cn2ncncc2n1.c1cnc2nncn2c1.c1cnn2ccnc2n1.c1cnn2cncc2n1.c1cnn2cnnc2c1.c1ncc2cncn2n1.c1ncn2cncc2n1.c1ncn2cnncc12. The minimum atomic E-state index is 0.637. The van der Waals surface area contributed by atoms with Gasteiger partial charge < -0.3 is 0 Å². The van der Waals surface area contributed by atoms with Crippen LogP contribution in [0, 0.1) is 0 Å². The van der Waals surface area contributed by atoms with Crippen molar-refractivity contribution < 1.29 is 0 Å². The van der Waals surface area contributed by atoms with E-state index in [9.17, 15) is 0 Å². The van der Waals surface area contributed by atoms with Gasteiger partial charge in [-0.2, -0.15) is 40.8 Å². The molecule has 660 valence electrons. The molecule has 0 aliphatic carbocycles. The van der Waals surface area contributed by atoms with Gasteiger partial charge in [0.25, 0.3) is 17.3 Å². The Morgan fingerprint density at radius 3 is 1.50 bits per heavy atom. The van der Waals surface area contributed by atoms with E-state index in [1.807, 2.05) is 42.9 Å². The Morgan fingerprint density at radius 1 is 0.163 bits per heavy atom. The van der Waals surface area contributed by atoms with Crippen LogP contribution in [0.4, 0.5) is 0 Å². The van der Waals surface area contributed by atoms with Crippen LogP contribution in [0.1, 0.15) is 0 Å². The van der Waals surface area contributed by atoms with Crippen molar-refractivity contribution in [2.45, 2.75) is 0 Å². The van der Waals surface area contributed by atoms with E-state index in [2.05, 4.69) is 227 Å². The summed E-state index contributed by atoms with van der Waals surface area (Å²) < 4.78 is 25.6. The number of imidazole rings is 11. The van der Waals surface area contributed by atoms with E-state index >= 15 is 0 Å². The van der Waals surface area contributed by atoms with E-state index in [0.717, 1.165) is 61.7 Å². The highest BCUT2D eigenvalue weighted by atomic mass is 15.4. The van der Waals surface area contributed by atoms with Gasteiger partial charge >= 0.3 is 0 Å². The third-order valence-electron chi connectivity index (χ3n) is 16.4. The van der Waals surface area contributed by atoms with Crippen LogP contribution in [0.5, 0.6) is 0 Å². The molecule has 60 nitrogen and oxygen atoms in total. The summed E-state index contributed by atoms with van der Waals surface area (Å²) in [6, 6.07) is 10.9. The van der Waals surface area contributed by atoms with Crippen LogP contribution in [-0.4, -0.2) is 294 Å². The fourth-order valence-corrected chi connectivity index (χ4v) is 10.2. The first-order valence-corrected chi connectivity index (χ1v) is 38.4. The predicted octanol–water partition coefficient (Wildman–Crippen LogP) is 1.86. The molecule has 0 saturated carbocycles. The Bertz CT molecular complexity index is 6180. The van der Waals surface area contributed by atoms with Crippen LogP contribution in [0.2, 0.25) is 0 Å². The van der Waals surface area contributed by atoms with E-state index in [1.54, 1.807) is 372 Å². The molecule has 0 aromatic carbocycles. The number of aromatic nitrogens is 60. The molecule has 0 fully saturated rings. The maximum Gasteiger partial charge on any atom is 0.254 e. The van der Waals surface area contributed by atoms with Crippen LogP contribution in [0.15, 0.2) is 373 Å². The number of fused-ring (bicyclic) bond motifs is 15. The maximum atomic E-state index is 3.98. The molecule has 0 N–H and O–H groups in total. The van der Waals surface area contributed by atoms with Gasteiger partial charge in [0.05, 0.1) is 123 Å². The zero-order valence-electron chi connectivity index (χ0n) is 69.0. The van der Waals surface area contributed by atoms with Crippen LogP contribution < -0.4 is 0 Å². The molecule has 0 saturated heterocycles. The lowest BCUT2D eigenvalue weighted by molar-refractivity contribution is 0.803. The lowest BCUT2D eigenvalue weighted by Crippen LogP contribution is -1.90. The Labute approximate surface area is 748 Å². The normalized spacial score (nSPS) is 10.2. The Balaban J connectivity index is 0.000000105. The molecule has 135 heavy (non-hydrogen) atoms. The summed E-state index contributed by atoms with van der Waals surface area (Å²) in [6.45, 7) is 0. The minimum absolute atomic E-state index is 0.637. The van der Waals surface area contributed by atoms with Gasteiger partial charge in [-0.05, 0) is 24.3 Å². The van der Waals surface area contributed by atoms with Gasteiger partial charge in [0, 0.05) is 124 Å². The largest absolute Gasteiger partial charge is 0.288 e. The van der Waals surface area contributed by atoms with E-state index in [-0.39, 0.29) is 0 Å². The molecule has 0 amide bonds. The van der Waals surface area contributed by atoms with Crippen molar-refractivity contribution in [2.24, 2.45) is 0 Å². The second kappa shape index (κ2) is 46.3. The van der Waals surface area contributed by atoms with E-state index in [1.165, 1.54) is 25.3 Å². The molecule has 0 spiro atoms. The predicted molar refractivity (Wildman–Crippen MR) is 462 cm³/mol. The molecular weight excluding hydrogens is 1740 g/mol. The average molecular weight is 1800 g/mol. The molecule has 30 rings (SSSR count). The quantitative estimate of drug-likeness (QED) is 0.209. The van der Waals surface area contributed by atoms with Gasteiger partial charge in [-0.1, -0.05) is 10.4 Å². The van der Waals surface area contributed by atoms with Gasteiger partial charge in [0.1, 0.15) is 119 Å². The van der Waals surface area contributed by atoms with Crippen molar-refractivity contribution in [3.8, 4) is 0 Å². The van der Waals surface area contributed by atoms with Crippen molar-refractivity contribution in [2.75, 3.05) is 0 Å². The van der Waals surface area contributed by atoms with Gasteiger partial charge in [-0.15, -0.1) is 66.3 Å². The number of hydrogen-bond donors (Lipinski definition) is 0. The zero-order valence-corrected chi connectivity index (χ0v) is 69.0. The highest BCUT2D eigenvalue weighted by Gasteiger charge is 1.99. The molecule has 0 unspecified atom stereocenters. The first kappa shape index (κ1) is 86.8. The molecule has 0 bridgehead atoms. The molecule has 30 aromatic rings. The number of nitrogens with zero attached hydrogens (tertiary/aromatic N) is 60. The van der Waals surface area contributed by atoms with Gasteiger partial charge in [0.15, 0.2) is 45.2 Å². The lowest BCUT2D eigenvalue weighted by Gasteiger charge is -1.85. The van der Waals surface area contributed by atoms with E-state index < -0.39 is 0 Å². The minimum Gasteiger partial charge on any atom is -0.288 e. The molecular formula is C75H60N60. The van der Waals surface area contributed by atoms with Crippen molar-refractivity contribution >= 4 is 84.8 Å². The molecule has 30 aromatic heterocycles. The first-order chi connectivity index (χ1) is 67.0. The molecule has 30 heterocycles. The van der Waals surface area contributed by atoms with Crippen molar-refractivity contribution in [1.82, 2.24) is 294 Å². The Kier molecular flexibility index (Phi) is 29.7. The summed E-state index contributed by atoms with van der Waals surface area (Å²) >= 11 is 0. The summed E-state index contributed by atoms with van der Waals surface area (Å²) in [5.74, 6) is 2.59. The highest BCUT2D eigenvalue weighted by molar-refractivity contribution is 5.43. The zero-order chi connectivity index (χ0) is 91.6. The summed E-state index contributed by atoms with van der Waals surface area (Å²) in [5.41, 5.74) is 9.24. The lowest BCUT2D eigenvalue weighted by atomic mass is 10.5. The number of rotatable bonds is 0. The van der Waals surface area contributed by atoms with Crippen LogP contribution >= 0.6 is 0 Å². The first-order valence-electron chi connectivity index (χ1n) is 38.4. The average Bonchev–Trinajstić information content (AvgIpc) is 1.83. The second-order valence-corrected chi connectivity index (χ2v) is 24.9. The van der Waals surface area contributed by atoms with Crippen LogP contribution in [0.3, 0.4) is 0 Å². The van der Waals surface area contributed by atoms with Crippen LogP contribution in [0.25, 0.3) is 84.8 Å². The van der Waals surface area contributed by atoms with Crippen LogP contribution in [-0.2, 0) is 0 Å². The molecule has 0 aliphatic heterocycles. The van der Waals surface area contributed by atoms with Gasteiger partial charge in [0.2, 0.25) is 5.78 Å². The summed E-state index contributed by atoms with van der Waals surface area (Å²) in [6.07, 6.45) is 90.0. The van der Waals surface area contributed by atoms with E-state index in [4.69, 9.17) is 0 Å². The van der Waals surface area contributed by atoms with Crippen molar-refractivity contribution in [1.29, 1.82) is 0 Å². The molecule has 0 radical (unpaired) electrons. The van der Waals surface area contributed by atoms with E-state index in [0.29, 0.717) is 23.1 Å². The van der Waals surface area contributed by atoms with Gasteiger partial charge in [-0.25, -0.2) is 136 Å². The highest BCUT2D eigenvalue weighted by Crippen LogP contribution is 2.02. The molecule has 0 aliphatic rings. The van der Waals surface area contributed by atoms with Crippen molar-refractivity contribution in [3.63, 3.8) is 0 Å². The van der Waals surface area contributed by atoms with Crippen molar-refractivity contribution in [3.05, 3.63) is 373 Å². The third kappa shape index (κ3) is 25.1. The molecule has 0 atom stereocenters. The third-order valence-corrected chi connectivity index (χ3v) is 16.4. The Hall–Kier alpha value is -21.7. The second-order valence-electron chi connectivity index (χ2n) is 24.9.